The van der Waals surface area contributed by atoms with Crippen LogP contribution in [-0.4, -0.2) is 61.8 Å². The van der Waals surface area contributed by atoms with Crippen LogP contribution >= 0.6 is 31.9 Å². The number of halogens is 2. The lowest BCUT2D eigenvalue weighted by atomic mass is 9.81. The first-order chi connectivity index (χ1) is 17.1. The lowest BCUT2D eigenvalue weighted by Gasteiger charge is -2.30. The molecule has 10 nitrogen and oxygen atoms in total. The molecule has 4 atom stereocenters. The van der Waals surface area contributed by atoms with Gasteiger partial charge in [0.15, 0.2) is 5.78 Å². The molecule has 2 fully saturated rings. The Labute approximate surface area is 222 Å². The quantitative estimate of drug-likeness (QED) is 0.151. The van der Waals surface area contributed by atoms with Gasteiger partial charge in [-0.25, -0.2) is 5.01 Å². The normalized spacial score (nSPS) is 23.2. The van der Waals surface area contributed by atoms with Crippen molar-refractivity contribution >= 4 is 61.1 Å². The molecular formula is C24H21Br2N3O7. The maximum Gasteiger partial charge on any atom is 0.273 e. The van der Waals surface area contributed by atoms with Crippen molar-refractivity contribution < 1.29 is 28.8 Å². The number of ether oxygens (including phenoxy) is 1. The highest BCUT2D eigenvalue weighted by Crippen LogP contribution is 2.43. The van der Waals surface area contributed by atoms with E-state index in [0.29, 0.717) is 18.6 Å². The van der Waals surface area contributed by atoms with Gasteiger partial charge in [0.1, 0.15) is 12.3 Å². The van der Waals surface area contributed by atoms with E-state index in [1.807, 2.05) is 0 Å². The molecule has 0 aromatic heterocycles. The van der Waals surface area contributed by atoms with Crippen LogP contribution in [0.3, 0.4) is 0 Å². The molecule has 36 heavy (non-hydrogen) atoms. The third-order valence-corrected chi connectivity index (χ3v) is 9.11. The number of non-ortho nitro benzene ring substituents is 1. The fourth-order valence-corrected chi connectivity index (χ4v) is 5.69. The third kappa shape index (κ3) is 4.92. The summed E-state index contributed by atoms with van der Waals surface area (Å²) in [5.41, 5.74) is -0.219. The maximum atomic E-state index is 13.6. The topological polar surface area (TPSA) is 127 Å². The Bertz CT molecular complexity index is 1210. The van der Waals surface area contributed by atoms with Crippen molar-refractivity contribution in [2.75, 3.05) is 13.7 Å². The monoisotopic (exact) mass is 621 g/mol. The van der Waals surface area contributed by atoms with Gasteiger partial charge in [0.25, 0.3) is 23.4 Å². The van der Waals surface area contributed by atoms with E-state index in [9.17, 15) is 29.3 Å². The Morgan fingerprint density at radius 1 is 1.03 bits per heavy atom. The third-order valence-electron chi connectivity index (χ3n) is 6.37. The van der Waals surface area contributed by atoms with Crippen molar-refractivity contribution in [3.8, 4) is 5.75 Å². The zero-order chi connectivity index (χ0) is 26.1. The first-order valence-electron chi connectivity index (χ1n) is 11.0. The molecule has 12 heteroatoms. The molecule has 1 saturated carbocycles. The molecule has 1 heterocycles. The van der Waals surface area contributed by atoms with E-state index in [0.717, 1.165) is 16.1 Å². The van der Waals surface area contributed by atoms with E-state index in [2.05, 4.69) is 31.9 Å². The van der Waals surface area contributed by atoms with Crippen molar-refractivity contribution in [2.24, 2.45) is 11.8 Å². The van der Waals surface area contributed by atoms with Gasteiger partial charge in [-0.1, -0.05) is 37.9 Å². The van der Waals surface area contributed by atoms with Crippen LogP contribution in [0.5, 0.6) is 5.75 Å². The molecule has 2 aliphatic rings. The van der Waals surface area contributed by atoms with E-state index in [4.69, 9.17) is 4.74 Å². The van der Waals surface area contributed by atoms with E-state index < -0.39 is 46.8 Å². The molecule has 1 aliphatic carbocycles. The van der Waals surface area contributed by atoms with Crippen LogP contribution in [0.25, 0.3) is 0 Å². The number of rotatable bonds is 7. The highest BCUT2D eigenvalue weighted by atomic mass is 79.9. The Morgan fingerprint density at radius 3 is 2.14 bits per heavy atom. The molecule has 3 amide bonds. The smallest absolute Gasteiger partial charge is 0.273 e. The molecule has 1 saturated heterocycles. The van der Waals surface area contributed by atoms with Crippen LogP contribution < -0.4 is 4.74 Å². The van der Waals surface area contributed by atoms with Crippen molar-refractivity contribution in [2.45, 2.75) is 22.5 Å². The lowest BCUT2D eigenvalue weighted by molar-refractivity contribution is -0.384. The molecule has 0 spiro atoms. The van der Waals surface area contributed by atoms with Gasteiger partial charge < -0.3 is 4.74 Å². The number of nitro benzene ring substituents is 1. The summed E-state index contributed by atoms with van der Waals surface area (Å²) in [4.78, 5) is 64.0. The summed E-state index contributed by atoms with van der Waals surface area (Å²) in [5, 5.41) is 12.8. The molecule has 0 bridgehead atoms. The number of nitrogens with zero attached hydrogens (tertiary/aromatic N) is 3. The van der Waals surface area contributed by atoms with Gasteiger partial charge in [0.05, 0.1) is 23.9 Å². The van der Waals surface area contributed by atoms with E-state index in [1.165, 1.54) is 37.4 Å². The minimum absolute atomic E-state index is 0.0442. The first kappa shape index (κ1) is 26.0. The molecule has 2 aromatic carbocycles. The number of Topliss-reactive ketones (excluding diaryl/α,β-unsaturated/α-hetero) is 1. The molecule has 2 aromatic rings. The van der Waals surface area contributed by atoms with E-state index in [-0.39, 0.29) is 26.5 Å². The van der Waals surface area contributed by atoms with Crippen molar-refractivity contribution in [1.29, 1.82) is 0 Å². The van der Waals surface area contributed by atoms with Gasteiger partial charge >= 0.3 is 0 Å². The predicted octanol–water partition coefficient (Wildman–Crippen LogP) is 3.77. The highest BCUT2D eigenvalue weighted by Gasteiger charge is 2.54. The summed E-state index contributed by atoms with van der Waals surface area (Å²) in [6.07, 6.45) is 0.764. The van der Waals surface area contributed by atoms with Crippen molar-refractivity contribution in [3.05, 3.63) is 69.8 Å². The molecule has 1 aliphatic heterocycles. The zero-order valence-corrected chi connectivity index (χ0v) is 22.2. The fourth-order valence-electron chi connectivity index (χ4n) is 4.45. The number of alkyl halides is 2. The lowest BCUT2D eigenvalue weighted by Crippen LogP contribution is -2.52. The number of hydrogen-bond acceptors (Lipinski definition) is 7. The summed E-state index contributed by atoms with van der Waals surface area (Å²) < 4.78 is 5.10. The summed E-state index contributed by atoms with van der Waals surface area (Å²) in [5.74, 6) is -3.31. The molecule has 4 rings (SSSR count). The average Bonchev–Trinajstić information content (AvgIpc) is 3.11. The van der Waals surface area contributed by atoms with Crippen LogP contribution in [0.15, 0.2) is 48.5 Å². The average molecular weight is 623 g/mol. The van der Waals surface area contributed by atoms with Crippen LogP contribution in [0.4, 0.5) is 5.69 Å². The number of imide groups is 1. The molecular weight excluding hydrogens is 602 g/mol. The SMILES string of the molecule is COc1ccc(C(=O)CN(C(=O)c2cccc([N+](=O)[O-])c2)N2C(=O)[C@@H]3C[C@H](Br)[C@@H](Br)C[C@H]3C2=O)cc1. The number of fused-ring (bicyclic) bond motifs is 1. The van der Waals surface area contributed by atoms with Crippen molar-refractivity contribution in [1.82, 2.24) is 10.0 Å². The number of hydrogen-bond donors (Lipinski definition) is 0. The Hall–Kier alpha value is -3.12. The summed E-state index contributed by atoms with van der Waals surface area (Å²) >= 11 is 7.05. The minimum atomic E-state index is -0.869. The van der Waals surface area contributed by atoms with E-state index >= 15 is 0 Å². The Balaban J connectivity index is 1.71. The van der Waals surface area contributed by atoms with Gasteiger partial charge in [-0.2, -0.15) is 5.01 Å². The minimum Gasteiger partial charge on any atom is -0.497 e. The van der Waals surface area contributed by atoms with E-state index in [1.54, 1.807) is 12.1 Å². The number of hydrazine groups is 1. The second-order valence-electron chi connectivity index (χ2n) is 8.53. The maximum absolute atomic E-state index is 13.6. The number of carbonyl (C=O) groups is 4. The number of methoxy groups -OCH3 is 1. The van der Waals surface area contributed by atoms with Gasteiger partial charge in [0.2, 0.25) is 0 Å². The first-order valence-corrected chi connectivity index (χ1v) is 12.8. The molecule has 0 N–H and O–H groups in total. The molecule has 188 valence electrons. The van der Waals surface area contributed by atoms with Gasteiger partial charge in [-0.05, 0) is 43.2 Å². The van der Waals surface area contributed by atoms with Crippen LogP contribution in [0, 0.1) is 22.0 Å². The summed E-state index contributed by atoms with van der Waals surface area (Å²) in [7, 11) is 1.48. The standard InChI is InChI=1S/C24H21Br2N3O7/c1-36-16-7-5-13(6-8-16)21(30)12-27(22(31)14-3-2-4-15(9-14)29(34)35)28-23(32)17-10-19(25)20(26)11-18(17)24(28)33/h2-9,17-20H,10-12H2,1H3/t17-,18-,19+,20+/m1/s1. The van der Waals surface area contributed by atoms with Crippen LogP contribution in [0.2, 0.25) is 0 Å². The van der Waals surface area contributed by atoms with Gasteiger partial charge in [-0.3, -0.25) is 29.3 Å². The fraction of sp³-hybridized carbons (Fsp3) is 0.333. The predicted molar refractivity (Wildman–Crippen MR) is 135 cm³/mol. The Kier molecular flexibility index (Phi) is 7.55. The number of nitro groups is 1. The van der Waals surface area contributed by atoms with Crippen molar-refractivity contribution in [3.63, 3.8) is 0 Å². The van der Waals surface area contributed by atoms with Gasteiger partial charge in [0, 0.05) is 32.9 Å². The largest absolute Gasteiger partial charge is 0.497 e. The number of amides is 3. The second-order valence-corrected chi connectivity index (χ2v) is 10.9. The van der Waals surface area contributed by atoms with Crippen LogP contribution in [0.1, 0.15) is 33.6 Å². The molecule has 0 unspecified atom stereocenters. The summed E-state index contributed by atoms with van der Waals surface area (Å²) in [6, 6.07) is 11.1. The highest BCUT2D eigenvalue weighted by molar-refractivity contribution is 9.12. The Morgan fingerprint density at radius 2 is 1.61 bits per heavy atom. The number of carbonyl (C=O) groups excluding carboxylic acids is 4. The summed E-state index contributed by atoms with van der Waals surface area (Å²) in [6.45, 7) is -0.611. The molecule has 0 radical (unpaired) electrons. The second kappa shape index (κ2) is 10.5. The zero-order valence-electron chi connectivity index (χ0n) is 19.0. The number of benzene rings is 2. The van der Waals surface area contributed by atoms with Crippen LogP contribution in [-0.2, 0) is 9.59 Å². The van der Waals surface area contributed by atoms with Gasteiger partial charge in [-0.15, -0.1) is 0 Å². The number of ketones is 1.